The first kappa shape index (κ1) is 10.6. The fourth-order valence-electron chi connectivity index (χ4n) is 2.33. The maximum absolute atomic E-state index is 5.77. The summed E-state index contributed by atoms with van der Waals surface area (Å²) in [4.78, 5) is 0. The molecule has 0 aromatic rings. The van der Waals surface area contributed by atoms with Crippen molar-refractivity contribution < 1.29 is 4.74 Å². The Balaban J connectivity index is 2.57. The second-order valence-electron chi connectivity index (χ2n) is 3.97. The second kappa shape index (κ2) is 4.71. The lowest BCUT2D eigenvalue weighted by molar-refractivity contribution is -0.0434. The van der Waals surface area contributed by atoms with Gasteiger partial charge >= 0.3 is 0 Å². The van der Waals surface area contributed by atoms with E-state index in [2.05, 4.69) is 13.5 Å². The largest absolute Gasteiger partial charge is 0.335 e. The molecule has 0 aliphatic heterocycles. The van der Waals surface area contributed by atoms with E-state index in [1.807, 2.05) is 13.0 Å². The van der Waals surface area contributed by atoms with Crippen LogP contribution in [0.2, 0.25) is 0 Å². The van der Waals surface area contributed by atoms with Gasteiger partial charge in [-0.15, -0.1) is 6.58 Å². The summed E-state index contributed by atoms with van der Waals surface area (Å²) < 4.78 is 5.77. The lowest BCUT2D eigenvalue weighted by Gasteiger charge is -2.27. The zero-order valence-electron chi connectivity index (χ0n) is 8.72. The Labute approximate surface area is 82.2 Å². The van der Waals surface area contributed by atoms with Crippen molar-refractivity contribution in [1.29, 1.82) is 0 Å². The van der Waals surface area contributed by atoms with E-state index < -0.39 is 0 Å². The monoisotopic (exact) mass is 181 g/mol. The zero-order valence-corrected chi connectivity index (χ0v) is 8.72. The van der Waals surface area contributed by atoms with E-state index in [0.29, 0.717) is 5.92 Å². The molecule has 0 amide bonds. The smallest absolute Gasteiger partial charge is 0.210 e. The Morgan fingerprint density at radius 1 is 1.54 bits per heavy atom. The maximum Gasteiger partial charge on any atom is 0.210 e. The van der Waals surface area contributed by atoms with Crippen molar-refractivity contribution in [3.05, 3.63) is 19.6 Å². The third-order valence-electron chi connectivity index (χ3n) is 3.02. The molecule has 0 aromatic carbocycles. The zero-order chi connectivity index (χ0) is 9.73. The number of ether oxygens (including phenoxy) is 1. The Kier molecular flexibility index (Phi) is 3.86. The molecule has 1 unspecified atom stereocenters. The topological polar surface area (TPSA) is 9.23 Å². The minimum absolute atomic E-state index is 0.187. The average molecular weight is 181 g/mol. The fraction of sp³-hybridized carbons (Fsp3) is 0.750. The van der Waals surface area contributed by atoms with Crippen LogP contribution in [0.4, 0.5) is 0 Å². The van der Waals surface area contributed by atoms with Crippen LogP contribution in [0.5, 0.6) is 0 Å². The average Bonchev–Trinajstić information content (AvgIpc) is 2.57. The number of hydrogen-bond acceptors (Lipinski definition) is 1. The molecule has 1 aliphatic rings. The fourth-order valence-corrected chi connectivity index (χ4v) is 2.33. The van der Waals surface area contributed by atoms with E-state index in [1.54, 1.807) is 0 Å². The highest BCUT2D eigenvalue weighted by Gasteiger charge is 2.42. The van der Waals surface area contributed by atoms with Gasteiger partial charge in [-0.2, -0.15) is 0 Å². The molecule has 1 saturated carbocycles. The lowest BCUT2D eigenvalue weighted by atomic mass is 9.85. The van der Waals surface area contributed by atoms with Crippen LogP contribution in [0.25, 0.3) is 0 Å². The van der Waals surface area contributed by atoms with Gasteiger partial charge in [-0.1, -0.05) is 18.9 Å². The maximum atomic E-state index is 5.77. The Hall–Kier alpha value is -0.430. The van der Waals surface area contributed by atoms with Crippen LogP contribution in [0.15, 0.2) is 12.7 Å². The first-order chi connectivity index (χ1) is 6.23. The molecule has 0 spiro atoms. The summed E-state index contributed by atoms with van der Waals surface area (Å²) in [6.07, 6.45) is 8.04. The third kappa shape index (κ3) is 2.50. The molecule has 0 saturated heterocycles. The summed E-state index contributed by atoms with van der Waals surface area (Å²) in [7, 11) is 0. The van der Waals surface area contributed by atoms with Gasteiger partial charge in [-0.05, 0) is 19.8 Å². The molecule has 0 aromatic heterocycles. The van der Waals surface area contributed by atoms with E-state index >= 15 is 0 Å². The van der Waals surface area contributed by atoms with Gasteiger partial charge in [-0.25, -0.2) is 0 Å². The molecular formula is C12H21O+. The molecule has 0 radical (unpaired) electrons. The summed E-state index contributed by atoms with van der Waals surface area (Å²) in [5, 5.41) is 0. The Morgan fingerprint density at radius 3 is 2.62 bits per heavy atom. The summed E-state index contributed by atoms with van der Waals surface area (Å²) in [5.41, 5.74) is -0.187. The van der Waals surface area contributed by atoms with Gasteiger partial charge in [0.25, 0.3) is 0 Å². The van der Waals surface area contributed by atoms with Crippen molar-refractivity contribution in [3.63, 3.8) is 0 Å². The molecule has 1 aliphatic carbocycles. The van der Waals surface area contributed by atoms with Crippen molar-refractivity contribution in [2.45, 2.75) is 44.6 Å². The highest BCUT2D eigenvalue weighted by Crippen LogP contribution is 2.38. The van der Waals surface area contributed by atoms with Gasteiger partial charge in [0, 0.05) is 18.9 Å². The predicted octanol–water partition coefficient (Wildman–Crippen LogP) is 3.36. The Morgan fingerprint density at radius 2 is 2.15 bits per heavy atom. The first-order valence-electron chi connectivity index (χ1n) is 5.33. The summed E-state index contributed by atoms with van der Waals surface area (Å²) in [6.45, 7) is 10.8. The number of hydrogen-bond donors (Lipinski definition) is 0. The van der Waals surface area contributed by atoms with E-state index in [4.69, 9.17) is 4.74 Å². The van der Waals surface area contributed by atoms with E-state index in [9.17, 15) is 0 Å². The molecular weight excluding hydrogens is 160 g/mol. The van der Waals surface area contributed by atoms with Crippen LogP contribution in [0.3, 0.4) is 0 Å². The second-order valence-corrected chi connectivity index (χ2v) is 3.97. The van der Waals surface area contributed by atoms with Gasteiger partial charge < -0.3 is 4.74 Å². The van der Waals surface area contributed by atoms with E-state index in [-0.39, 0.29) is 5.60 Å². The lowest BCUT2D eigenvalue weighted by Crippen LogP contribution is -2.36. The SMILES string of the molecule is C=CCC([CH2+])(OCC)C1CCCC1. The van der Waals surface area contributed by atoms with E-state index in [0.717, 1.165) is 13.0 Å². The van der Waals surface area contributed by atoms with Gasteiger partial charge in [0.15, 0.2) is 0 Å². The molecule has 13 heavy (non-hydrogen) atoms. The highest BCUT2D eigenvalue weighted by atomic mass is 16.5. The number of rotatable bonds is 5. The van der Waals surface area contributed by atoms with Gasteiger partial charge in [-0.3, -0.25) is 0 Å². The van der Waals surface area contributed by atoms with Gasteiger partial charge in [0.05, 0.1) is 6.92 Å². The van der Waals surface area contributed by atoms with Crippen molar-refractivity contribution >= 4 is 0 Å². The van der Waals surface area contributed by atoms with Gasteiger partial charge in [0.2, 0.25) is 5.60 Å². The molecule has 0 heterocycles. The highest BCUT2D eigenvalue weighted by molar-refractivity contribution is 4.97. The minimum Gasteiger partial charge on any atom is -0.335 e. The van der Waals surface area contributed by atoms with Crippen molar-refractivity contribution in [2.24, 2.45) is 5.92 Å². The molecule has 1 atom stereocenters. The predicted molar refractivity (Wildman–Crippen MR) is 56.5 cm³/mol. The normalized spacial score (nSPS) is 22.8. The van der Waals surface area contributed by atoms with E-state index in [1.165, 1.54) is 25.7 Å². The molecule has 74 valence electrons. The molecule has 0 bridgehead atoms. The molecule has 1 heteroatoms. The van der Waals surface area contributed by atoms with Crippen LogP contribution < -0.4 is 0 Å². The van der Waals surface area contributed by atoms with Crippen LogP contribution in [0, 0.1) is 12.8 Å². The standard InChI is InChI=1S/C12H21O/c1-4-10-12(3,13-5-2)11-8-6-7-9-11/h4,11H,1,3,5-10H2,2H3/q+1. The summed E-state index contributed by atoms with van der Waals surface area (Å²) in [6, 6.07) is 0. The quantitative estimate of drug-likeness (QED) is 0.467. The van der Waals surface area contributed by atoms with Crippen LogP contribution in [-0.2, 0) is 4.74 Å². The van der Waals surface area contributed by atoms with Gasteiger partial charge in [0.1, 0.15) is 0 Å². The van der Waals surface area contributed by atoms with Crippen molar-refractivity contribution in [1.82, 2.24) is 0 Å². The first-order valence-corrected chi connectivity index (χ1v) is 5.33. The van der Waals surface area contributed by atoms with Crippen LogP contribution in [0.1, 0.15) is 39.0 Å². The minimum atomic E-state index is -0.187. The molecule has 1 rings (SSSR count). The van der Waals surface area contributed by atoms with Crippen LogP contribution in [-0.4, -0.2) is 12.2 Å². The van der Waals surface area contributed by atoms with Crippen molar-refractivity contribution in [2.75, 3.05) is 6.61 Å². The Bertz CT molecular complexity index is 159. The molecule has 0 N–H and O–H groups in total. The third-order valence-corrected chi connectivity index (χ3v) is 3.02. The van der Waals surface area contributed by atoms with Crippen LogP contribution >= 0.6 is 0 Å². The van der Waals surface area contributed by atoms with Crippen molar-refractivity contribution in [3.8, 4) is 0 Å². The molecule has 1 nitrogen and oxygen atoms in total. The summed E-state index contributed by atoms with van der Waals surface area (Å²) in [5.74, 6) is 0.644. The molecule has 1 fully saturated rings. The summed E-state index contributed by atoms with van der Waals surface area (Å²) >= 11 is 0.